The van der Waals surface area contributed by atoms with Crippen molar-refractivity contribution in [3.63, 3.8) is 0 Å². The van der Waals surface area contributed by atoms with Gasteiger partial charge in [-0.3, -0.25) is 14.4 Å². The summed E-state index contributed by atoms with van der Waals surface area (Å²) < 4.78 is 9.17. The van der Waals surface area contributed by atoms with E-state index in [4.69, 9.17) is 0 Å². The Bertz CT molecular complexity index is 878. The molecule has 1 heterocycles. The van der Waals surface area contributed by atoms with Crippen molar-refractivity contribution in [3.8, 4) is 0 Å². The maximum atomic E-state index is 11.9. The van der Waals surface area contributed by atoms with Crippen LogP contribution < -0.4 is 5.32 Å². The van der Waals surface area contributed by atoms with Crippen LogP contribution in [0.5, 0.6) is 0 Å². The molecule has 9 nitrogen and oxygen atoms in total. The Balaban J connectivity index is 2.40. The number of hydrogen-bond acceptors (Lipinski definition) is 8. The van der Waals surface area contributed by atoms with E-state index < -0.39 is 17.9 Å². The summed E-state index contributed by atoms with van der Waals surface area (Å²) >= 11 is 0. The maximum Gasteiger partial charge on any atom is 0.325 e. The molecule has 0 unspecified atom stereocenters. The van der Waals surface area contributed by atoms with Gasteiger partial charge in [0.1, 0.15) is 6.33 Å². The van der Waals surface area contributed by atoms with Crippen molar-refractivity contribution < 1.29 is 23.9 Å². The third-order valence-corrected chi connectivity index (χ3v) is 3.66. The second kappa shape index (κ2) is 8.84. The number of hydrogen-bond donors (Lipinski definition) is 1. The van der Waals surface area contributed by atoms with Crippen molar-refractivity contribution in [2.24, 2.45) is 16.8 Å². The van der Waals surface area contributed by atoms with Gasteiger partial charge in [0, 0.05) is 23.2 Å². The molecule has 1 N–H and O–H groups in total. The monoisotopic (exact) mass is 372 g/mol. The Morgan fingerprint density at radius 3 is 2.37 bits per heavy atom. The van der Waals surface area contributed by atoms with Gasteiger partial charge in [0.25, 0.3) is 0 Å². The lowest BCUT2D eigenvalue weighted by Crippen LogP contribution is -2.27. The zero-order valence-electron chi connectivity index (χ0n) is 15.4. The molecule has 142 valence electrons. The smallest absolute Gasteiger partial charge is 0.325 e. The van der Waals surface area contributed by atoms with E-state index in [-0.39, 0.29) is 17.6 Å². The molecule has 0 saturated heterocycles. The standard InChI is InChI=1S/C18H20N4O5/c1-10(2)16(23)22-11-5-6-14-12(7-11)15(21-9-20-14)19-8-13(17(24)26-3)18(25)27-4/h5-10,13H,1-4H3,(H,22,23). The molecular formula is C18H20N4O5. The van der Waals surface area contributed by atoms with Gasteiger partial charge in [0.2, 0.25) is 5.91 Å². The fourth-order valence-electron chi connectivity index (χ4n) is 2.13. The molecule has 0 spiro atoms. The fraction of sp³-hybridized carbons (Fsp3) is 0.333. The van der Waals surface area contributed by atoms with Gasteiger partial charge >= 0.3 is 11.9 Å². The van der Waals surface area contributed by atoms with E-state index in [1.54, 1.807) is 32.0 Å². The van der Waals surface area contributed by atoms with Crippen LogP contribution in [0.3, 0.4) is 0 Å². The number of methoxy groups -OCH3 is 2. The van der Waals surface area contributed by atoms with Gasteiger partial charge in [-0.2, -0.15) is 0 Å². The molecule has 0 aliphatic heterocycles. The number of nitrogens with one attached hydrogen (secondary N) is 1. The van der Waals surface area contributed by atoms with E-state index in [1.807, 2.05) is 0 Å². The SMILES string of the molecule is COC(=O)C(C=Nc1ncnc2ccc(NC(=O)C(C)C)cc12)C(=O)OC. The van der Waals surface area contributed by atoms with Crippen molar-refractivity contribution in [3.05, 3.63) is 24.5 Å². The van der Waals surface area contributed by atoms with Gasteiger partial charge in [0.15, 0.2) is 11.7 Å². The first-order valence-corrected chi connectivity index (χ1v) is 8.12. The molecule has 0 saturated carbocycles. The van der Waals surface area contributed by atoms with E-state index in [1.165, 1.54) is 6.33 Å². The molecule has 1 amide bonds. The molecule has 9 heteroatoms. The Labute approximate surface area is 155 Å². The van der Waals surface area contributed by atoms with E-state index in [0.29, 0.717) is 16.6 Å². The molecule has 0 atom stereocenters. The number of anilines is 1. The summed E-state index contributed by atoms with van der Waals surface area (Å²) in [6, 6.07) is 5.10. The Morgan fingerprint density at radius 2 is 1.78 bits per heavy atom. The highest BCUT2D eigenvalue weighted by Crippen LogP contribution is 2.25. The topological polar surface area (TPSA) is 120 Å². The highest BCUT2D eigenvalue weighted by molar-refractivity contribution is 6.10. The summed E-state index contributed by atoms with van der Waals surface area (Å²) in [6.45, 7) is 3.57. The lowest BCUT2D eigenvalue weighted by atomic mass is 10.1. The zero-order chi connectivity index (χ0) is 20.0. The van der Waals surface area contributed by atoms with Crippen LogP contribution in [-0.4, -0.2) is 48.2 Å². The molecule has 2 rings (SSSR count). The number of nitrogens with zero attached hydrogens (tertiary/aromatic N) is 3. The number of esters is 2. The number of rotatable bonds is 6. The van der Waals surface area contributed by atoms with Crippen LogP contribution in [0.2, 0.25) is 0 Å². The van der Waals surface area contributed by atoms with Gasteiger partial charge < -0.3 is 14.8 Å². The van der Waals surface area contributed by atoms with Crippen LogP contribution in [0.4, 0.5) is 11.5 Å². The van der Waals surface area contributed by atoms with Gasteiger partial charge in [0.05, 0.1) is 19.7 Å². The third-order valence-electron chi connectivity index (χ3n) is 3.66. The normalized spacial score (nSPS) is 11.2. The van der Waals surface area contributed by atoms with Crippen LogP contribution in [0.25, 0.3) is 10.9 Å². The van der Waals surface area contributed by atoms with Gasteiger partial charge in [-0.25, -0.2) is 15.0 Å². The number of aromatic nitrogens is 2. The van der Waals surface area contributed by atoms with Gasteiger partial charge in [-0.05, 0) is 18.2 Å². The molecule has 1 aromatic heterocycles. The fourth-order valence-corrected chi connectivity index (χ4v) is 2.13. The highest BCUT2D eigenvalue weighted by atomic mass is 16.5. The summed E-state index contributed by atoms with van der Waals surface area (Å²) in [5.74, 6) is -2.98. The molecular weight excluding hydrogens is 352 g/mol. The van der Waals surface area contributed by atoms with Crippen molar-refractivity contribution in [2.45, 2.75) is 13.8 Å². The van der Waals surface area contributed by atoms with Crippen molar-refractivity contribution in [1.29, 1.82) is 0 Å². The van der Waals surface area contributed by atoms with Crippen molar-refractivity contribution in [2.75, 3.05) is 19.5 Å². The molecule has 2 aromatic rings. The van der Waals surface area contributed by atoms with E-state index >= 15 is 0 Å². The number of carbonyl (C=O) groups is 3. The van der Waals surface area contributed by atoms with Crippen LogP contribution in [-0.2, 0) is 23.9 Å². The number of fused-ring (bicyclic) bond motifs is 1. The Hall–Kier alpha value is -3.36. The van der Waals surface area contributed by atoms with E-state index in [0.717, 1.165) is 20.4 Å². The van der Waals surface area contributed by atoms with E-state index in [9.17, 15) is 14.4 Å². The second-order valence-electron chi connectivity index (χ2n) is 5.88. The van der Waals surface area contributed by atoms with Crippen LogP contribution >= 0.6 is 0 Å². The summed E-state index contributed by atoms with van der Waals surface area (Å²) in [6.07, 6.45) is 2.42. The lowest BCUT2D eigenvalue weighted by molar-refractivity contribution is -0.154. The van der Waals surface area contributed by atoms with Gasteiger partial charge in [-0.15, -0.1) is 0 Å². The number of benzene rings is 1. The average Bonchev–Trinajstić information content (AvgIpc) is 2.67. The molecule has 0 fully saturated rings. The molecule has 0 aliphatic carbocycles. The maximum absolute atomic E-state index is 11.9. The lowest BCUT2D eigenvalue weighted by Gasteiger charge is -2.09. The minimum Gasteiger partial charge on any atom is -0.468 e. The summed E-state index contributed by atoms with van der Waals surface area (Å²) in [5.41, 5.74) is 1.15. The summed E-state index contributed by atoms with van der Waals surface area (Å²) in [4.78, 5) is 47.7. The predicted octanol–water partition coefficient (Wildman–Crippen LogP) is 1.89. The number of carbonyl (C=O) groups excluding carboxylic acids is 3. The molecule has 27 heavy (non-hydrogen) atoms. The molecule has 0 bridgehead atoms. The molecule has 0 radical (unpaired) electrons. The second-order valence-corrected chi connectivity index (χ2v) is 5.88. The largest absolute Gasteiger partial charge is 0.468 e. The Kier molecular flexibility index (Phi) is 6.53. The zero-order valence-corrected chi connectivity index (χ0v) is 15.4. The molecule has 1 aromatic carbocycles. The quantitative estimate of drug-likeness (QED) is 0.467. The van der Waals surface area contributed by atoms with Crippen LogP contribution in [0.1, 0.15) is 13.8 Å². The van der Waals surface area contributed by atoms with Crippen LogP contribution in [0, 0.1) is 11.8 Å². The average molecular weight is 372 g/mol. The number of ether oxygens (including phenoxy) is 2. The van der Waals surface area contributed by atoms with E-state index in [2.05, 4.69) is 29.8 Å². The molecule has 0 aliphatic rings. The van der Waals surface area contributed by atoms with Crippen LogP contribution in [0.15, 0.2) is 29.5 Å². The minimum atomic E-state index is -1.31. The highest BCUT2D eigenvalue weighted by Gasteiger charge is 2.26. The predicted molar refractivity (Wildman–Crippen MR) is 98.7 cm³/mol. The summed E-state index contributed by atoms with van der Waals surface area (Å²) in [7, 11) is 2.33. The van der Waals surface area contributed by atoms with Gasteiger partial charge in [-0.1, -0.05) is 13.8 Å². The van der Waals surface area contributed by atoms with Crippen molar-refractivity contribution >= 4 is 46.5 Å². The minimum absolute atomic E-state index is 0.132. The first kappa shape index (κ1) is 20.0. The summed E-state index contributed by atoms with van der Waals surface area (Å²) in [5, 5.41) is 3.33. The number of aliphatic imine (C=N–C) groups is 1. The first-order valence-electron chi connectivity index (χ1n) is 8.12. The Morgan fingerprint density at radius 1 is 1.11 bits per heavy atom. The first-order chi connectivity index (χ1) is 12.9. The third kappa shape index (κ3) is 4.84. The number of amides is 1. The van der Waals surface area contributed by atoms with Crippen molar-refractivity contribution in [1.82, 2.24) is 9.97 Å².